The van der Waals surface area contributed by atoms with Crippen molar-refractivity contribution in [2.24, 2.45) is 0 Å². The molecular formula is C24H29F3N4O. The minimum Gasteiger partial charge on any atom is -0.507 e. The van der Waals surface area contributed by atoms with E-state index >= 15 is 0 Å². The van der Waals surface area contributed by atoms with Crippen LogP contribution in [0.15, 0.2) is 18.2 Å². The molecule has 3 aliphatic rings. The van der Waals surface area contributed by atoms with Crippen molar-refractivity contribution in [2.75, 3.05) is 31.1 Å². The van der Waals surface area contributed by atoms with E-state index < -0.39 is 17.5 Å². The summed E-state index contributed by atoms with van der Waals surface area (Å²) in [6.07, 6.45) is 0.662. The Morgan fingerprint density at radius 2 is 1.97 bits per heavy atom. The molecule has 1 N–H and O–H groups in total. The Hall–Kier alpha value is -2.35. The maximum atomic E-state index is 13.1. The molecule has 1 saturated heterocycles. The van der Waals surface area contributed by atoms with Gasteiger partial charge in [-0.2, -0.15) is 13.2 Å². The van der Waals surface area contributed by atoms with E-state index in [9.17, 15) is 18.3 Å². The lowest BCUT2D eigenvalue weighted by Gasteiger charge is -2.38. The Labute approximate surface area is 186 Å². The molecule has 1 aromatic carbocycles. The number of alkyl halides is 3. The first kappa shape index (κ1) is 21.5. The molecule has 0 unspecified atom stereocenters. The number of piperidine rings is 1. The Bertz CT molecular complexity index is 1030. The van der Waals surface area contributed by atoms with Crippen LogP contribution in [-0.4, -0.2) is 52.4 Å². The summed E-state index contributed by atoms with van der Waals surface area (Å²) in [6.45, 7) is 8.45. The van der Waals surface area contributed by atoms with Crippen molar-refractivity contribution in [3.05, 3.63) is 34.9 Å². The normalized spacial score (nSPS) is 22.8. The molecule has 8 heteroatoms. The minimum atomic E-state index is -4.50. The summed E-state index contributed by atoms with van der Waals surface area (Å²) >= 11 is 0. The number of benzene rings is 1. The number of aromatic nitrogens is 2. The largest absolute Gasteiger partial charge is 0.507 e. The number of aromatic hydroxyl groups is 1. The van der Waals surface area contributed by atoms with Crippen molar-refractivity contribution in [1.82, 2.24) is 15.1 Å². The molecule has 2 aliphatic heterocycles. The second kappa shape index (κ2) is 7.61. The van der Waals surface area contributed by atoms with Crippen LogP contribution < -0.4 is 4.90 Å². The minimum absolute atomic E-state index is 0.0669. The first-order valence-corrected chi connectivity index (χ1v) is 11.5. The van der Waals surface area contributed by atoms with Crippen LogP contribution >= 0.6 is 0 Å². The molecule has 1 saturated carbocycles. The molecule has 0 spiro atoms. The summed E-state index contributed by atoms with van der Waals surface area (Å²) in [5, 5.41) is 19.6. The van der Waals surface area contributed by atoms with E-state index in [2.05, 4.69) is 33.8 Å². The van der Waals surface area contributed by atoms with E-state index in [0.717, 1.165) is 80.9 Å². The van der Waals surface area contributed by atoms with Gasteiger partial charge in [0.1, 0.15) is 11.4 Å². The van der Waals surface area contributed by atoms with Gasteiger partial charge in [-0.3, -0.25) is 0 Å². The van der Waals surface area contributed by atoms with Gasteiger partial charge < -0.3 is 14.9 Å². The number of nitrogens with zero attached hydrogens (tertiary/aromatic N) is 4. The highest BCUT2D eigenvalue weighted by molar-refractivity contribution is 5.76. The number of phenols is 1. The van der Waals surface area contributed by atoms with E-state index in [-0.39, 0.29) is 5.41 Å². The predicted molar refractivity (Wildman–Crippen MR) is 117 cm³/mol. The van der Waals surface area contributed by atoms with Crippen molar-refractivity contribution < 1.29 is 18.3 Å². The maximum absolute atomic E-state index is 13.1. The lowest BCUT2D eigenvalue weighted by Crippen LogP contribution is -2.47. The maximum Gasteiger partial charge on any atom is 0.416 e. The van der Waals surface area contributed by atoms with Crippen LogP contribution in [0.1, 0.15) is 56.2 Å². The Morgan fingerprint density at radius 3 is 2.62 bits per heavy atom. The smallest absolute Gasteiger partial charge is 0.416 e. The number of hydrogen-bond donors (Lipinski definition) is 1. The zero-order valence-corrected chi connectivity index (χ0v) is 18.5. The fourth-order valence-corrected chi connectivity index (χ4v) is 5.38. The number of phenolic OH excluding ortho intramolecular Hbond substituents is 1. The van der Waals surface area contributed by atoms with Gasteiger partial charge in [0.25, 0.3) is 0 Å². The van der Waals surface area contributed by atoms with Gasteiger partial charge in [0, 0.05) is 30.3 Å². The van der Waals surface area contributed by atoms with Gasteiger partial charge in [-0.15, -0.1) is 10.2 Å². The summed E-state index contributed by atoms with van der Waals surface area (Å²) in [7, 11) is 0. The molecule has 172 valence electrons. The van der Waals surface area contributed by atoms with Gasteiger partial charge >= 0.3 is 6.18 Å². The second-order valence-corrected chi connectivity index (χ2v) is 9.65. The molecule has 2 aromatic rings. The van der Waals surface area contributed by atoms with Crippen molar-refractivity contribution in [3.8, 4) is 17.0 Å². The van der Waals surface area contributed by atoms with E-state index in [4.69, 9.17) is 0 Å². The average Bonchev–Trinajstić information content (AvgIpc) is 3.36. The number of anilines is 1. The van der Waals surface area contributed by atoms with Crippen LogP contribution in [0.25, 0.3) is 11.3 Å². The lowest BCUT2D eigenvalue weighted by atomic mass is 9.88. The molecule has 0 radical (unpaired) electrons. The van der Waals surface area contributed by atoms with E-state index in [1.807, 2.05) is 0 Å². The molecule has 1 aliphatic carbocycles. The van der Waals surface area contributed by atoms with Gasteiger partial charge in [-0.1, -0.05) is 13.8 Å². The number of rotatable bonds is 4. The zero-order chi connectivity index (χ0) is 22.7. The van der Waals surface area contributed by atoms with E-state index in [1.165, 1.54) is 12.5 Å². The van der Waals surface area contributed by atoms with Gasteiger partial charge in [0.2, 0.25) is 0 Å². The predicted octanol–water partition coefficient (Wildman–Crippen LogP) is 4.77. The second-order valence-electron chi connectivity index (χ2n) is 9.65. The van der Waals surface area contributed by atoms with E-state index in [1.54, 1.807) is 0 Å². The standard InChI is InChI=1S/C24H29F3N4O/c1-3-30-11-4-5-16(14-30)31-12-8-18-20(23(2)9-10-23)21(28-29-22(18)31)17-7-6-15(13-19(17)32)24(25,26)27/h6-7,13,16,32H,3-5,8-12,14H2,1-2H3/t16-/m1/s1. The van der Waals surface area contributed by atoms with Gasteiger partial charge in [0.05, 0.1) is 5.56 Å². The monoisotopic (exact) mass is 446 g/mol. The zero-order valence-electron chi connectivity index (χ0n) is 18.5. The molecule has 1 aromatic heterocycles. The van der Waals surface area contributed by atoms with E-state index in [0.29, 0.717) is 17.3 Å². The Balaban J connectivity index is 1.56. The topological polar surface area (TPSA) is 52.5 Å². The molecule has 0 amide bonds. The molecule has 5 nitrogen and oxygen atoms in total. The van der Waals surface area contributed by atoms with Crippen LogP contribution in [0.3, 0.4) is 0 Å². The number of halogens is 3. The number of fused-ring (bicyclic) bond motifs is 1. The van der Waals surface area contributed by atoms with Crippen LogP contribution in [0.4, 0.5) is 19.0 Å². The van der Waals surface area contributed by atoms with Crippen molar-refractivity contribution >= 4 is 5.82 Å². The van der Waals surface area contributed by atoms with Gasteiger partial charge in [-0.05, 0) is 74.4 Å². The molecule has 5 rings (SSSR count). The van der Waals surface area contributed by atoms with Crippen LogP contribution in [0.2, 0.25) is 0 Å². The summed E-state index contributed by atoms with van der Waals surface area (Å²) < 4.78 is 39.3. The van der Waals surface area contributed by atoms with Crippen molar-refractivity contribution in [1.29, 1.82) is 0 Å². The third-order valence-corrected chi connectivity index (χ3v) is 7.48. The third kappa shape index (κ3) is 3.62. The van der Waals surface area contributed by atoms with Gasteiger partial charge in [-0.25, -0.2) is 0 Å². The van der Waals surface area contributed by atoms with Crippen LogP contribution in [0, 0.1) is 0 Å². The molecular weight excluding hydrogens is 417 g/mol. The first-order chi connectivity index (χ1) is 15.2. The quantitative estimate of drug-likeness (QED) is 0.734. The number of likely N-dealkylation sites (N-methyl/N-ethyl adjacent to an activating group) is 1. The first-order valence-electron chi connectivity index (χ1n) is 11.5. The van der Waals surface area contributed by atoms with Crippen molar-refractivity contribution in [3.63, 3.8) is 0 Å². The lowest BCUT2D eigenvalue weighted by molar-refractivity contribution is -0.137. The summed E-state index contributed by atoms with van der Waals surface area (Å²) in [4.78, 5) is 4.85. The number of hydrogen-bond acceptors (Lipinski definition) is 5. The van der Waals surface area contributed by atoms with Crippen LogP contribution in [0.5, 0.6) is 5.75 Å². The van der Waals surface area contributed by atoms with Gasteiger partial charge in [0.15, 0.2) is 5.82 Å². The van der Waals surface area contributed by atoms with Crippen molar-refractivity contribution in [2.45, 2.75) is 63.6 Å². The Kier molecular flexibility index (Phi) is 5.11. The summed E-state index contributed by atoms with van der Waals surface area (Å²) in [5.41, 5.74) is 2.13. The molecule has 2 fully saturated rings. The molecule has 1 atom stereocenters. The highest BCUT2D eigenvalue weighted by Gasteiger charge is 2.46. The molecule has 0 bridgehead atoms. The highest BCUT2D eigenvalue weighted by Crippen LogP contribution is 2.54. The third-order valence-electron chi connectivity index (χ3n) is 7.48. The Morgan fingerprint density at radius 1 is 1.19 bits per heavy atom. The number of likely N-dealkylation sites (tertiary alicyclic amines) is 1. The fraction of sp³-hybridized carbons (Fsp3) is 0.583. The van der Waals surface area contributed by atoms with Crippen LogP contribution in [-0.2, 0) is 18.0 Å². The average molecular weight is 447 g/mol. The molecule has 32 heavy (non-hydrogen) atoms. The summed E-state index contributed by atoms with van der Waals surface area (Å²) in [5.74, 6) is 0.520. The summed E-state index contributed by atoms with van der Waals surface area (Å²) in [6, 6.07) is 3.54. The SMILES string of the molecule is CCN1CCC[C@@H](N2CCc3c2nnc(-c2ccc(C(F)(F)F)cc2O)c3C2(C)CC2)C1. The molecule has 3 heterocycles. The highest BCUT2D eigenvalue weighted by atomic mass is 19.4. The fourth-order valence-electron chi connectivity index (χ4n) is 5.38.